The van der Waals surface area contributed by atoms with Gasteiger partial charge < -0.3 is 14.7 Å². The number of rotatable bonds is 2. The van der Waals surface area contributed by atoms with Crippen molar-refractivity contribution < 1.29 is 19.4 Å². The Morgan fingerprint density at radius 3 is 2.80 bits per heavy atom. The third-order valence-corrected chi connectivity index (χ3v) is 2.61. The molecular weight excluding hydrogens is 264 g/mol. The highest BCUT2D eigenvalue weighted by Crippen LogP contribution is 2.18. The van der Waals surface area contributed by atoms with E-state index in [0.717, 1.165) is 0 Å². The fraction of sp³-hybridized carbons (Fsp3) is 0.111. The molecule has 0 saturated carbocycles. The first-order valence-corrected chi connectivity index (χ1v) is 4.97. The molecule has 0 saturated heterocycles. The lowest BCUT2D eigenvalue weighted by Crippen LogP contribution is -2.35. The number of aromatic nitrogens is 2. The largest absolute Gasteiger partial charge is 0.538 e. The summed E-state index contributed by atoms with van der Waals surface area (Å²) >= 11 is 3.06. The number of para-hydroxylation sites is 1. The maximum absolute atomic E-state index is 11.1. The molecule has 1 heterocycles. The summed E-state index contributed by atoms with van der Waals surface area (Å²) in [6.45, 7) is -0.128. The number of hydrogen-bond acceptors (Lipinski definition) is 4. The van der Waals surface area contributed by atoms with Crippen LogP contribution in [0.25, 0.3) is 5.69 Å². The second kappa shape index (κ2) is 4.00. The standard InChI is InChI=1S/C9H7BrN2O3/c10-8-9(14)15-11-12(8)7-4-2-1-3-6(7)5-13/h1-4,13H,5H2. The van der Waals surface area contributed by atoms with E-state index in [1.165, 1.54) is 4.68 Å². The number of nitrogens with zero attached hydrogens (tertiary/aromatic N) is 2. The SMILES string of the molecule is [O-]c1on[n+](-c2ccccc2CO)c1Br. The Labute approximate surface area is 93.7 Å². The molecule has 0 bridgehead atoms. The molecule has 0 aliphatic heterocycles. The van der Waals surface area contributed by atoms with E-state index in [1.54, 1.807) is 24.3 Å². The van der Waals surface area contributed by atoms with Gasteiger partial charge in [0.25, 0.3) is 0 Å². The summed E-state index contributed by atoms with van der Waals surface area (Å²) in [5.74, 6) is -0.553. The predicted octanol–water partition coefficient (Wildman–Crippen LogP) is 0.280. The van der Waals surface area contributed by atoms with Gasteiger partial charge in [0, 0.05) is 22.0 Å². The summed E-state index contributed by atoms with van der Waals surface area (Å²) in [5.41, 5.74) is 1.27. The van der Waals surface area contributed by atoms with Gasteiger partial charge in [-0.25, -0.2) is 0 Å². The molecule has 1 aromatic heterocycles. The van der Waals surface area contributed by atoms with E-state index < -0.39 is 5.95 Å². The summed E-state index contributed by atoms with van der Waals surface area (Å²) in [6, 6.07) is 7.06. The van der Waals surface area contributed by atoms with Crippen LogP contribution < -0.4 is 9.79 Å². The highest BCUT2D eigenvalue weighted by molar-refractivity contribution is 9.10. The summed E-state index contributed by atoms with van der Waals surface area (Å²) < 4.78 is 5.98. The van der Waals surface area contributed by atoms with Crippen molar-refractivity contribution in [3.8, 4) is 11.6 Å². The minimum atomic E-state index is -0.553. The van der Waals surface area contributed by atoms with Gasteiger partial charge in [0.2, 0.25) is 5.69 Å². The van der Waals surface area contributed by atoms with Crippen molar-refractivity contribution in [1.29, 1.82) is 0 Å². The van der Waals surface area contributed by atoms with Crippen molar-refractivity contribution >= 4 is 15.9 Å². The first-order valence-electron chi connectivity index (χ1n) is 4.17. The third kappa shape index (κ3) is 1.73. The highest BCUT2D eigenvalue weighted by atomic mass is 79.9. The van der Waals surface area contributed by atoms with Gasteiger partial charge in [0.05, 0.1) is 17.4 Å². The van der Waals surface area contributed by atoms with Gasteiger partial charge in [0.15, 0.2) is 5.95 Å². The van der Waals surface area contributed by atoms with E-state index in [4.69, 9.17) is 5.11 Å². The van der Waals surface area contributed by atoms with Gasteiger partial charge in [-0.3, -0.25) is 0 Å². The van der Waals surface area contributed by atoms with Gasteiger partial charge >= 0.3 is 4.60 Å². The molecular formula is C9H7BrN2O3. The van der Waals surface area contributed by atoms with Crippen LogP contribution in [0.3, 0.4) is 0 Å². The van der Waals surface area contributed by atoms with E-state index >= 15 is 0 Å². The third-order valence-electron chi connectivity index (χ3n) is 1.95. The molecule has 0 unspecified atom stereocenters. The molecule has 78 valence electrons. The van der Waals surface area contributed by atoms with Crippen LogP contribution in [0.2, 0.25) is 0 Å². The Hall–Kier alpha value is -1.40. The molecule has 0 aliphatic rings. The van der Waals surface area contributed by atoms with Crippen LogP contribution in [-0.2, 0) is 6.61 Å². The maximum Gasteiger partial charge on any atom is 0.305 e. The second-order valence-electron chi connectivity index (χ2n) is 2.85. The molecule has 0 amide bonds. The van der Waals surface area contributed by atoms with E-state index in [9.17, 15) is 5.11 Å². The molecule has 1 N–H and O–H groups in total. The Kier molecular flexibility index (Phi) is 2.70. The van der Waals surface area contributed by atoms with Crippen LogP contribution in [0.5, 0.6) is 5.95 Å². The number of aliphatic hydroxyl groups is 1. The monoisotopic (exact) mass is 270 g/mol. The number of hydrogen-bond donors (Lipinski definition) is 1. The Balaban J connectivity index is 2.58. The van der Waals surface area contributed by atoms with Gasteiger partial charge in [0.1, 0.15) is 0 Å². The molecule has 6 heteroatoms. The zero-order chi connectivity index (χ0) is 10.8. The molecule has 5 nitrogen and oxygen atoms in total. The van der Waals surface area contributed by atoms with Crippen LogP contribution in [0.1, 0.15) is 5.56 Å². The van der Waals surface area contributed by atoms with Crippen molar-refractivity contribution in [3.05, 3.63) is 34.4 Å². The van der Waals surface area contributed by atoms with Crippen molar-refractivity contribution in [2.24, 2.45) is 0 Å². The zero-order valence-corrected chi connectivity index (χ0v) is 9.14. The lowest BCUT2D eigenvalue weighted by molar-refractivity contribution is -0.681. The summed E-state index contributed by atoms with van der Waals surface area (Å²) in [5, 5.41) is 23.7. The average Bonchev–Trinajstić information content (AvgIpc) is 2.60. The molecule has 2 aromatic rings. The molecule has 0 atom stereocenters. The molecule has 0 aliphatic carbocycles. The summed E-state index contributed by atoms with van der Waals surface area (Å²) in [6.07, 6.45) is 0. The van der Waals surface area contributed by atoms with E-state index in [-0.39, 0.29) is 11.2 Å². The van der Waals surface area contributed by atoms with E-state index in [1.807, 2.05) is 0 Å². The molecule has 0 fully saturated rings. The molecule has 2 rings (SSSR count). The van der Waals surface area contributed by atoms with Gasteiger partial charge in [-0.2, -0.15) is 0 Å². The highest BCUT2D eigenvalue weighted by Gasteiger charge is 2.20. The fourth-order valence-electron chi connectivity index (χ4n) is 1.24. The molecule has 0 spiro atoms. The first kappa shape index (κ1) is 10.1. The van der Waals surface area contributed by atoms with Crippen LogP contribution in [-0.4, -0.2) is 10.4 Å². The van der Waals surface area contributed by atoms with Crippen molar-refractivity contribution in [1.82, 2.24) is 5.27 Å². The van der Waals surface area contributed by atoms with Gasteiger partial charge in [-0.05, 0) is 10.7 Å². The lowest BCUT2D eigenvalue weighted by Gasteiger charge is -1.97. The minimum Gasteiger partial charge on any atom is -0.538 e. The topological polar surface area (TPSA) is 73.2 Å². The molecule has 1 aromatic carbocycles. The van der Waals surface area contributed by atoms with Gasteiger partial charge in [-0.1, -0.05) is 12.1 Å². The van der Waals surface area contributed by atoms with Crippen molar-refractivity contribution in [2.75, 3.05) is 0 Å². The molecule has 15 heavy (non-hydrogen) atoms. The summed E-state index contributed by atoms with van der Waals surface area (Å²) in [7, 11) is 0. The van der Waals surface area contributed by atoms with Gasteiger partial charge in [-0.15, -0.1) is 0 Å². The quantitative estimate of drug-likeness (QED) is 0.796. The second-order valence-corrected chi connectivity index (χ2v) is 3.60. The van der Waals surface area contributed by atoms with Crippen LogP contribution in [0.4, 0.5) is 0 Å². The van der Waals surface area contributed by atoms with Crippen molar-refractivity contribution in [2.45, 2.75) is 6.61 Å². The Morgan fingerprint density at radius 2 is 2.20 bits per heavy atom. The Bertz CT molecular complexity index is 484. The zero-order valence-electron chi connectivity index (χ0n) is 7.55. The van der Waals surface area contributed by atoms with Crippen LogP contribution in [0.15, 0.2) is 33.4 Å². The normalized spacial score (nSPS) is 10.5. The lowest BCUT2D eigenvalue weighted by atomic mass is 10.2. The van der Waals surface area contributed by atoms with E-state index in [2.05, 4.69) is 25.7 Å². The van der Waals surface area contributed by atoms with Crippen LogP contribution in [0, 0.1) is 0 Å². The van der Waals surface area contributed by atoms with Crippen LogP contribution >= 0.6 is 15.9 Å². The predicted molar refractivity (Wildman–Crippen MR) is 51.1 cm³/mol. The maximum atomic E-state index is 11.1. The smallest absolute Gasteiger partial charge is 0.305 e. The number of aliphatic hydroxyl groups excluding tert-OH is 1. The number of halogens is 1. The molecule has 0 radical (unpaired) electrons. The summed E-state index contributed by atoms with van der Waals surface area (Å²) in [4.78, 5) is 0. The first-order chi connectivity index (χ1) is 7.24. The van der Waals surface area contributed by atoms with E-state index in [0.29, 0.717) is 11.3 Å². The average molecular weight is 271 g/mol. The fourth-order valence-corrected chi connectivity index (χ4v) is 1.57. The Morgan fingerprint density at radius 1 is 1.47 bits per heavy atom. The van der Waals surface area contributed by atoms with Crippen molar-refractivity contribution in [3.63, 3.8) is 0 Å². The number of benzene rings is 1. The minimum absolute atomic E-state index is 0.128.